The number of ether oxygens (including phenoxy) is 2. The van der Waals surface area contributed by atoms with Gasteiger partial charge in [0.15, 0.2) is 12.4 Å². The van der Waals surface area contributed by atoms with Gasteiger partial charge in [-0.05, 0) is 37.1 Å². The van der Waals surface area contributed by atoms with Crippen molar-refractivity contribution in [2.24, 2.45) is 0 Å². The zero-order chi connectivity index (χ0) is 23.6. The first-order valence-corrected chi connectivity index (χ1v) is 12.5. The molecule has 3 aromatic rings. The first-order chi connectivity index (χ1) is 15.8. The molecule has 11 nitrogen and oxygen atoms in total. The van der Waals surface area contributed by atoms with Crippen molar-refractivity contribution in [1.82, 2.24) is 14.5 Å². The Hall–Kier alpha value is -2.87. The Morgan fingerprint density at radius 2 is 2.00 bits per heavy atom. The summed E-state index contributed by atoms with van der Waals surface area (Å²) in [6.45, 7) is 4.82. The third-order valence-corrected chi connectivity index (χ3v) is 8.37. The van der Waals surface area contributed by atoms with Crippen LogP contribution in [0.25, 0.3) is 10.8 Å². The van der Waals surface area contributed by atoms with Crippen molar-refractivity contribution >= 4 is 27.0 Å². The number of hydrogen-bond acceptors (Lipinski definition) is 10. The average molecular weight is 495 g/mol. The van der Waals surface area contributed by atoms with Gasteiger partial charge in [-0.2, -0.15) is 4.31 Å². The number of hydrogen-bond donors (Lipinski definition) is 0. The molecular formula is C20H22N4O7S2. The topological polar surface area (TPSA) is 138 Å². The Balaban J connectivity index is 1.51. The Kier molecular flexibility index (Phi) is 6.74. The highest BCUT2D eigenvalue weighted by Gasteiger charge is 2.29. The van der Waals surface area contributed by atoms with E-state index in [9.17, 15) is 18.5 Å². The highest BCUT2D eigenvalue weighted by molar-refractivity contribution is 7.89. The number of benzene rings is 1. The molecule has 1 fully saturated rings. The van der Waals surface area contributed by atoms with E-state index in [1.165, 1.54) is 21.3 Å². The number of morpholine rings is 1. The van der Waals surface area contributed by atoms with Gasteiger partial charge in [0.1, 0.15) is 0 Å². The summed E-state index contributed by atoms with van der Waals surface area (Å²) in [7, 11) is -3.88. The van der Waals surface area contributed by atoms with Crippen molar-refractivity contribution in [2.45, 2.75) is 31.8 Å². The minimum absolute atomic E-state index is 0.0964. The normalized spacial score (nSPS) is 15.0. The summed E-state index contributed by atoms with van der Waals surface area (Å²) in [4.78, 5) is 12.8. The highest BCUT2D eigenvalue weighted by atomic mass is 32.2. The van der Waals surface area contributed by atoms with Crippen molar-refractivity contribution in [1.29, 1.82) is 0 Å². The van der Waals surface area contributed by atoms with Gasteiger partial charge in [0.05, 0.1) is 27.9 Å². The van der Waals surface area contributed by atoms with Crippen LogP contribution >= 0.6 is 11.3 Å². The number of rotatable bonds is 8. The van der Waals surface area contributed by atoms with E-state index < -0.39 is 20.6 Å². The van der Waals surface area contributed by atoms with E-state index >= 15 is 0 Å². The van der Waals surface area contributed by atoms with E-state index in [0.717, 1.165) is 22.9 Å². The maximum atomic E-state index is 12.8. The molecule has 1 aromatic carbocycles. The number of aryl methyl sites for hydroxylation is 2. The van der Waals surface area contributed by atoms with Crippen LogP contribution in [0.1, 0.15) is 23.3 Å². The van der Waals surface area contributed by atoms with Gasteiger partial charge in [0.2, 0.25) is 10.0 Å². The fraction of sp³-hybridized carbons (Fsp3) is 0.400. The second-order valence-corrected chi connectivity index (χ2v) is 10.3. The summed E-state index contributed by atoms with van der Waals surface area (Å²) in [5.74, 6) is 0.400. The maximum Gasteiger partial charge on any atom is 0.312 e. The number of nitro groups is 1. The maximum absolute atomic E-state index is 12.8. The predicted molar refractivity (Wildman–Crippen MR) is 119 cm³/mol. The number of thiophene rings is 1. The van der Waals surface area contributed by atoms with E-state index in [1.807, 2.05) is 13.0 Å². The van der Waals surface area contributed by atoms with E-state index in [-0.39, 0.29) is 49.4 Å². The Labute approximate surface area is 194 Å². The standard InChI is InChI=1S/C20H22N4O7S2/c1-3-17-13(2)10-18(32-17)20-22-21-19(31-20)12-30-16-5-4-14(11-15(16)24(25)26)33(27,28)23-6-8-29-9-7-23/h4-5,10-11H,3,6-9,12H2,1-2H3. The van der Waals surface area contributed by atoms with Crippen LogP contribution in [0.3, 0.4) is 0 Å². The average Bonchev–Trinajstić information content (AvgIpc) is 3.44. The quantitative estimate of drug-likeness (QED) is 0.341. The fourth-order valence-electron chi connectivity index (χ4n) is 3.39. The van der Waals surface area contributed by atoms with E-state index in [1.54, 1.807) is 11.3 Å². The van der Waals surface area contributed by atoms with Crippen LogP contribution in [-0.4, -0.2) is 54.1 Å². The molecule has 0 bridgehead atoms. The van der Waals surface area contributed by atoms with Gasteiger partial charge in [-0.1, -0.05) is 6.92 Å². The first-order valence-electron chi connectivity index (χ1n) is 10.2. The molecule has 33 heavy (non-hydrogen) atoms. The van der Waals surface area contributed by atoms with Crippen molar-refractivity contribution < 1.29 is 27.2 Å². The molecule has 0 spiro atoms. The summed E-state index contributed by atoms with van der Waals surface area (Å²) >= 11 is 1.57. The molecule has 0 aliphatic carbocycles. The van der Waals surface area contributed by atoms with Gasteiger partial charge in [0.25, 0.3) is 11.8 Å². The third-order valence-electron chi connectivity index (χ3n) is 5.11. The fourth-order valence-corrected chi connectivity index (χ4v) is 5.85. The minimum atomic E-state index is -3.88. The molecule has 176 valence electrons. The third kappa shape index (κ3) is 4.90. The van der Waals surface area contributed by atoms with Gasteiger partial charge < -0.3 is 13.9 Å². The summed E-state index contributed by atoms with van der Waals surface area (Å²) in [5.41, 5.74) is 0.682. The van der Waals surface area contributed by atoms with Gasteiger partial charge in [-0.15, -0.1) is 21.5 Å². The molecular weight excluding hydrogens is 472 g/mol. The SMILES string of the molecule is CCc1sc(-c2nnc(COc3ccc(S(=O)(=O)N4CCOCC4)cc3[N+](=O)[O-])o2)cc1C. The Morgan fingerprint density at radius 1 is 1.24 bits per heavy atom. The van der Waals surface area contributed by atoms with Crippen LogP contribution in [-0.2, 0) is 27.8 Å². The van der Waals surface area contributed by atoms with Gasteiger partial charge in [-0.3, -0.25) is 10.1 Å². The highest BCUT2D eigenvalue weighted by Crippen LogP contribution is 2.33. The molecule has 0 amide bonds. The molecule has 13 heteroatoms. The molecule has 1 aliphatic rings. The van der Waals surface area contributed by atoms with Crippen LogP contribution in [0.2, 0.25) is 0 Å². The number of nitrogens with zero attached hydrogens (tertiary/aromatic N) is 4. The Morgan fingerprint density at radius 3 is 2.67 bits per heavy atom. The van der Waals surface area contributed by atoms with Crippen molar-refractivity contribution in [3.63, 3.8) is 0 Å². The van der Waals surface area contributed by atoms with E-state index in [2.05, 4.69) is 17.1 Å². The second-order valence-electron chi connectivity index (χ2n) is 7.26. The van der Waals surface area contributed by atoms with Crippen molar-refractivity contribution in [3.8, 4) is 16.5 Å². The van der Waals surface area contributed by atoms with Gasteiger partial charge in [0, 0.05) is 24.0 Å². The van der Waals surface area contributed by atoms with Crippen molar-refractivity contribution in [2.75, 3.05) is 26.3 Å². The largest absolute Gasteiger partial charge is 0.477 e. The summed E-state index contributed by atoms with van der Waals surface area (Å²) in [6, 6.07) is 5.52. The molecule has 0 saturated carbocycles. The molecule has 0 N–H and O–H groups in total. The lowest BCUT2D eigenvalue weighted by molar-refractivity contribution is -0.386. The lowest BCUT2D eigenvalue weighted by Gasteiger charge is -2.26. The molecule has 0 radical (unpaired) electrons. The summed E-state index contributed by atoms with van der Waals surface area (Å²) < 4.78 is 43.2. The zero-order valence-electron chi connectivity index (χ0n) is 18.0. The smallest absolute Gasteiger partial charge is 0.312 e. The molecule has 0 atom stereocenters. The molecule has 1 saturated heterocycles. The molecule has 2 aromatic heterocycles. The molecule has 4 rings (SSSR count). The predicted octanol–water partition coefficient (Wildman–Crippen LogP) is 3.18. The van der Waals surface area contributed by atoms with Gasteiger partial charge in [-0.25, -0.2) is 8.42 Å². The van der Waals surface area contributed by atoms with Crippen molar-refractivity contribution in [3.05, 3.63) is 50.7 Å². The van der Waals surface area contributed by atoms with E-state index in [4.69, 9.17) is 13.9 Å². The van der Waals surface area contributed by atoms with Crippen LogP contribution in [0, 0.1) is 17.0 Å². The van der Waals surface area contributed by atoms with Crippen LogP contribution < -0.4 is 4.74 Å². The van der Waals surface area contributed by atoms with Gasteiger partial charge >= 0.3 is 5.69 Å². The van der Waals surface area contributed by atoms with E-state index in [0.29, 0.717) is 5.89 Å². The van der Waals surface area contributed by atoms with Crippen LogP contribution in [0.5, 0.6) is 5.75 Å². The monoisotopic (exact) mass is 494 g/mol. The molecule has 0 unspecified atom stereocenters. The second kappa shape index (κ2) is 9.55. The van der Waals surface area contributed by atoms with Crippen LogP contribution in [0.15, 0.2) is 33.6 Å². The molecule has 3 heterocycles. The number of nitro benzene ring substituents is 1. The minimum Gasteiger partial charge on any atom is -0.477 e. The number of sulfonamides is 1. The molecule has 1 aliphatic heterocycles. The van der Waals surface area contributed by atoms with Crippen LogP contribution in [0.4, 0.5) is 5.69 Å². The zero-order valence-corrected chi connectivity index (χ0v) is 19.6. The Bertz CT molecular complexity index is 1260. The summed E-state index contributed by atoms with van der Waals surface area (Å²) in [5, 5.41) is 19.6. The summed E-state index contributed by atoms with van der Waals surface area (Å²) in [6.07, 6.45) is 0.904. The number of aromatic nitrogens is 2. The lowest BCUT2D eigenvalue weighted by Crippen LogP contribution is -2.40. The first kappa shape index (κ1) is 23.3. The lowest BCUT2D eigenvalue weighted by atomic mass is 10.2.